The minimum absolute atomic E-state index is 0.0640. The number of esters is 1. The zero-order valence-electron chi connectivity index (χ0n) is 14.9. The van der Waals surface area contributed by atoms with Crippen molar-refractivity contribution >= 4 is 25.9 Å². The zero-order chi connectivity index (χ0) is 21.2. The van der Waals surface area contributed by atoms with Crippen molar-refractivity contribution < 1.29 is 22.7 Å². The standard InChI is InChI=1S/C16H14ClF3N5O3P/c1-28-14(26)13-21-11(23-29-13)8-25-15(27)24(7-6-16(18,19)20)12(22-25)9-2-4-10(17)5-3-9/h2-5,29H,6-8H2,1H3. The van der Waals surface area contributed by atoms with E-state index in [1.807, 2.05) is 0 Å². The van der Waals surface area contributed by atoms with Gasteiger partial charge in [-0.25, -0.2) is 24.0 Å². The second-order valence-corrected chi connectivity index (χ2v) is 7.24. The first-order valence-electron chi connectivity index (χ1n) is 8.18. The molecule has 154 valence electrons. The van der Waals surface area contributed by atoms with E-state index in [1.165, 1.54) is 7.11 Å². The molecule has 0 saturated carbocycles. The third-order valence-corrected chi connectivity index (χ3v) is 5.00. The minimum Gasteiger partial charge on any atom is -0.464 e. The molecule has 0 saturated heterocycles. The van der Waals surface area contributed by atoms with E-state index in [0.29, 0.717) is 10.6 Å². The molecule has 2 heterocycles. The fourth-order valence-electron chi connectivity index (χ4n) is 2.49. The average Bonchev–Trinajstić information content (AvgIpc) is 3.25. The molecular formula is C16H14ClF3N5O3P. The number of halogens is 4. The maximum absolute atomic E-state index is 12.7. The molecule has 0 spiro atoms. The molecule has 29 heavy (non-hydrogen) atoms. The first-order chi connectivity index (χ1) is 13.7. The number of benzene rings is 1. The first-order valence-corrected chi connectivity index (χ1v) is 9.50. The summed E-state index contributed by atoms with van der Waals surface area (Å²) in [5, 5.41) is 4.59. The van der Waals surface area contributed by atoms with Crippen LogP contribution >= 0.6 is 20.0 Å². The van der Waals surface area contributed by atoms with Crippen LogP contribution in [0.3, 0.4) is 0 Å². The lowest BCUT2D eigenvalue weighted by atomic mass is 10.2. The van der Waals surface area contributed by atoms with Crippen molar-refractivity contribution in [2.75, 3.05) is 7.11 Å². The van der Waals surface area contributed by atoms with Gasteiger partial charge in [-0.2, -0.15) is 13.2 Å². The number of ether oxygens (including phenoxy) is 1. The first kappa shape index (κ1) is 21.1. The number of hydrogen-bond acceptors (Lipinski definition) is 6. The maximum atomic E-state index is 12.7. The van der Waals surface area contributed by atoms with Crippen LogP contribution in [0.25, 0.3) is 11.4 Å². The summed E-state index contributed by atoms with van der Waals surface area (Å²) in [7, 11) is 0.941. The number of hydrogen-bond donors (Lipinski definition) is 0. The summed E-state index contributed by atoms with van der Waals surface area (Å²) in [4.78, 5) is 28.2. The quantitative estimate of drug-likeness (QED) is 0.539. The topological polar surface area (TPSA) is 91.9 Å². The normalized spacial score (nSPS) is 11.9. The van der Waals surface area contributed by atoms with Gasteiger partial charge in [0.2, 0.25) is 0 Å². The third-order valence-electron chi connectivity index (χ3n) is 3.85. The molecule has 0 fully saturated rings. The number of rotatable bonds is 6. The van der Waals surface area contributed by atoms with Gasteiger partial charge in [0.05, 0.1) is 13.5 Å². The van der Waals surface area contributed by atoms with Crippen LogP contribution in [0.1, 0.15) is 22.5 Å². The Kier molecular flexibility index (Phi) is 6.09. The highest BCUT2D eigenvalue weighted by Crippen LogP contribution is 2.23. The van der Waals surface area contributed by atoms with Crippen molar-refractivity contribution in [3.05, 3.63) is 51.0 Å². The van der Waals surface area contributed by atoms with Gasteiger partial charge in [0.1, 0.15) is 6.54 Å². The summed E-state index contributed by atoms with van der Waals surface area (Å²) >= 11 is 5.85. The SMILES string of the molecule is COC(=O)c1nc(Cn2nc(-c3ccc(Cl)cc3)n(CCC(F)(F)F)c2=O)n[pH]1. The van der Waals surface area contributed by atoms with E-state index < -0.39 is 30.8 Å². The molecular weight excluding hydrogens is 434 g/mol. The zero-order valence-corrected chi connectivity index (χ0v) is 16.7. The predicted octanol–water partition coefficient (Wildman–Crippen LogP) is 2.97. The second kappa shape index (κ2) is 8.38. The fourth-order valence-corrected chi connectivity index (χ4v) is 3.34. The Hall–Kier alpha value is -2.65. The van der Waals surface area contributed by atoms with Crippen molar-refractivity contribution in [2.24, 2.45) is 0 Å². The van der Waals surface area contributed by atoms with E-state index in [-0.39, 0.29) is 32.0 Å². The van der Waals surface area contributed by atoms with Crippen molar-refractivity contribution in [3.63, 3.8) is 0 Å². The van der Waals surface area contributed by atoms with Crippen molar-refractivity contribution in [1.82, 2.24) is 24.1 Å². The van der Waals surface area contributed by atoms with Crippen LogP contribution in [0.15, 0.2) is 29.1 Å². The summed E-state index contributed by atoms with van der Waals surface area (Å²) in [6, 6.07) is 6.20. The van der Waals surface area contributed by atoms with E-state index in [4.69, 9.17) is 11.6 Å². The monoisotopic (exact) mass is 447 g/mol. The number of nitrogens with zero attached hydrogens (tertiary/aromatic N) is 5. The molecule has 1 aromatic carbocycles. The molecule has 0 N–H and O–H groups in total. The van der Waals surface area contributed by atoms with Crippen LogP contribution < -0.4 is 5.69 Å². The van der Waals surface area contributed by atoms with Crippen molar-refractivity contribution in [2.45, 2.75) is 25.7 Å². The summed E-state index contributed by atoms with van der Waals surface area (Å²) in [6.07, 6.45) is -5.62. The highest BCUT2D eigenvalue weighted by atomic mass is 35.5. The van der Waals surface area contributed by atoms with Gasteiger partial charge >= 0.3 is 17.8 Å². The van der Waals surface area contributed by atoms with Crippen LogP contribution in [0.5, 0.6) is 0 Å². The van der Waals surface area contributed by atoms with Crippen LogP contribution in [0, 0.1) is 0 Å². The Balaban J connectivity index is 1.97. The van der Waals surface area contributed by atoms with Crippen LogP contribution in [0.2, 0.25) is 5.02 Å². The molecule has 0 aliphatic rings. The summed E-state index contributed by atoms with van der Waals surface area (Å²) < 4.78 is 48.7. The lowest BCUT2D eigenvalue weighted by molar-refractivity contribution is -0.136. The molecule has 0 bridgehead atoms. The number of carbonyl (C=O) groups is 1. The third kappa shape index (κ3) is 5.04. The minimum atomic E-state index is -4.44. The van der Waals surface area contributed by atoms with Gasteiger partial charge in [-0.1, -0.05) is 11.6 Å². The molecule has 8 nitrogen and oxygen atoms in total. The Bertz CT molecular complexity index is 1070. The molecule has 0 aliphatic heterocycles. The average molecular weight is 448 g/mol. The van der Waals surface area contributed by atoms with E-state index in [0.717, 1.165) is 9.25 Å². The van der Waals surface area contributed by atoms with Gasteiger partial charge in [0.15, 0.2) is 17.1 Å². The second-order valence-electron chi connectivity index (χ2n) is 5.88. The van der Waals surface area contributed by atoms with Crippen LogP contribution in [-0.2, 0) is 17.8 Å². The van der Waals surface area contributed by atoms with Gasteiger partial charge in [0, 0.05) is 17.1 Å². The molecule has 2 aromatic heterocycles. The molecule has 3 rings (SSSR count). The number of alkyl halides is 3. The molecule has 0 aliphatic carbocycles. The number of carbonyl (C=O) groups excluding carboxylic acids is 1. The van der Waals surface area contributed by atoms with E-state index in [9.17, 15) is 22.8 Å². The molecule has 1 unspecified atom stereocenters. The van der Waals surface area contributed by atoms with E-state index in [2.05, 4.69) is 19.6 Å². The number of aromatic nitrogens is 5. The van der Waals surface area contributed by atoms with Gasteiger partial charge < -0.3 is 4.74 Å². The lowest BCUT2D eigenvalue weighted by Gasteiger charge is -2.08. The highest BCUT2D eigenvalue weighted by molar-refractivity contribution is 7.27. The Morgan fingerprint density at radius 1 is 1.28 bits per heavy atom. The van der Waals surface area contributed by atoms with Gasteiger partial charge in [-0.15, -0.1) is 5.10 Å². The number of methoxy groups -OCH3 is 1. The maximum Gasteiger partial charge on any atom is 0.390 e. The summed E-state index contributed by atoms with van der Waals surface area (Å²) in [5.74, 6) is -0.407. The van der Waals surface area contributed by atoms with E-state index >= 15 is 0 Å². The van der Waals surface area contributed by atoms with Gasteiger partial charge in [0.25, 0.3) is 0 Å². The predicted molar refractivity (Wildman–Crippen MR) is 99.6 cm³/mol. The Morgan fingerprint density at radius 2 is 1.97 bits per heavy atom. The Labute approximate surface area is 168 Å². The molecule has 3 aromatic rings. The van der Waals surface area contributed by atoms with E-state index in [1.54, 1.807) is 24.3 Å². The summed E-state index contributed by atoms with van der Waals surface area (Å²) in [6.45, 7) is -0.781. The molecule has 0 radical (unpaired) electrons. The van der Waals surface area contributed by atoms with Crippen LogP contribution in [0.4, 0.5) is 13.2 Å². The van der Waals surface area contributed by atoms with Gasteiger partial charge in [-0.05, 0) is 32.6 Å². The van der Waals surface area contributed by atoms with Crippen LogP contribution in [-0.4, -0.2) is 43.3 Å². The lowest BCUT2D eigenvalue weighted by Crippen LogP contribution is -2.27. The smallest absolute Gasteiger partial charge is 0.390 e. The van der Waals surface area contributed by atoms with Gasteiger partial charge in [-0.3, -0.25) is 4.57 Å². The fraction of sp³-hybridized carbons (Fsp3) is 0.312. The molecule has 1 atom stereocenters. The van der Waals surface area contributed by atoms with Crippen molar-refractivity contribution in [3.8, 4) is 11.4 Å². The summed E-state index contributed by atoms with van der Waals surface area (Å²) in [5.41, 5.74) is -0.210. The highest BCUT2D eigenvalue weighted by Gasteiger charge is 2.28. The molecule has 0 amide bonds. The largest absolute Gasteiger partial charge is 0.464 e. The van der Waals surface area contributed by atoms with Crippen molar-refractivity contribution in [1.29, 1.82) is 0 Å². The molecule has 13 heteroatoms. The Morgan fingerprint density at radius 3 is 2.59 bits per heavy atom.